The van der Waals surface area contributed by atoms with E-state index in [0.717, 1.165) is 22.8 Å². The predicted molar refractivity (Wildman–Crippen MR) is 105 cm³/mol. The number of benzene rings is 2. The van der Waals surface area contributed by atoms with Gasteiger partial charge < -0.3 is 16.0 Å². The molecule has 0 aliphatic rings. The lowest BCUT2D eigenvalue weighted by Gasteiger charge is -2.04. The van der Waals surface area contributed by atoms with Gasteiger partial charge in [0.15, 0.2) is 5.96 Å². The second kappa shape index (κ2) is 8.33. The lowest BCUT2D eigenvalue weighted by molar-refractivity contribution is 0.947. The van der Waals surface area contributed by atoms with E-state index in [0.29, 0.717) is 12.5 Å². The van der Waals surface area contributed by atoms with Crippen molar-refractivity contribution in [3.8, 4) is 11.3 Å². The summed E-state index contributed by atoms with van der Waals surface area (Å²) in [7, 11) is 0. The van der Waals surface area contributed by atoms with Gasteiger partial charge in [-0.05, 0) is 17.7 Å². The van der Waals surface area contributed by atoms with Crippen LogP contribution in [-0.2, 0) is 6.54 Å². The van der Waals surface area contributed by atoms with E-state index in [-0.39, 0.29) is 24.0 Å². The number of nitrogens with zero attached hydrogens (tertiary/aromatic N) is 2. The van der Waals surface area contributed by atoms with Crippen LogP contribution in [0.1, 0.15) is 5.82 Å². The quantitative estimate of drug-likeness (QED) is 0.343. The molecule has 0 saturated heterocycles. The number of rotatable bonds is 4. The van der Waals surface area contributed by atoms with Crippen molar-refractivity contribution in [3.05, 3.63) is 72.7 Å². The van der Waals surface area contributed by atoms with Gasteiger partial charge in [0.1, 0.15) is 12.4 Å². The van der Waals surface area contributed by atoms with Gasteiger partial charge in [0.2, 0.25) is 0 Å². The third-order valence-corrected chi connectivity index (χ3v) is 3.16. The first-order valence-corrected chi connectivity index (χ1v) is 7.02. The number of anilines is 1. The maximum atomic E-state index is 5.87. The van der Waals surface area contributed by atoms with Crippen molar-refractivity contribution in [3.63, 3.8) is 0 Å². The zero-order valence-electron chi connectivity index (χ0n) is 12.4. The Morgan fingerprint density at radius 3 is 2.39 bits per heavy atom. The molecule has 0 unspecified atom stereocenters. The lowest BCUT2D eigenvalue weighted by Crippen LogP contribution is -2.22. The van der Waals surface area contributed by atoms with Crippen molar-refractivity contribution in [2.45, 2.75) is 6.54 Å². The third kappa shape index (κ3) is 4.82. The van der Waals surface area contributed by atoms with Crippen LogP contribution in [-0.4, -0.2) is 15.9 Å². The number of nitrogens with two attached hydrogens (primary N) is 1. The molecule has 4 N–H and O–H groups in total. The van der Waals surface area contributed by atoms with Crippen molar-refractivity contribution in [2.24, 2.45) is 10.7 Å². The normalized spacial score (nSPS) is 10.9. The van der Waals surface area contributed by atoms with Crippen LogP contribution in [0.4, 0.5) is 5.69 Å². The van der Waals surface area contributed by atoms with E-state index in [1.807, 2.05) is 60.7 Å². The lowest BCUT2D eigenvalue weighted by atomic mass is 10.2. The third-order valence-electron chi connectivity index (χ3n) is 3.16. The summed E-state index contributed by atoms with van der Waals surface area (Å²) in [6.45, 7) is 0.401. The Hall–Kier alpha value is -2.35. The van der Waals surface area contributed by atoms with Crippen LogP contribution < -0.4 is 11.1 Å². The molecule has 0 aliphatic heterocycles. The highest BCUT2D eigenvalue weighted by molar-refractivity contribution is 14.0. The van der Waals surface area contributed by atoms with E-state index in [1.165, 1.54) is 0 Å². The highest BCUT2D eigenvalue weighted by Crippen LogP contribution is 2.16. The summed E-state index contributed by atoms with van der Waals surface area (Å²) >= 11 is 0. The Labute approximate surface area is 152 Å². The van der Waals surface area contributed by atoms with Gasteiger partial charge in [-0.1, -0.05) is 48.5 Å². The smallest absolute Gasteiger partial charge is 0.193 e. The number of hydrogen-bond donors (Lipinski definition) is 3. The van der Waals surface area contributed by atoms with Gasteiger partial charge in [-0.3, -0.25) is 0 Å². The average molecular weight is 419 g/mol. The standard InChI is InChI=1S/C17H17N5.HI/c18-17(21-14-9-5-2-6-10-14)20-12-16-19-11-15(22-16)13-7-3-1-4-8-13;/h1-11H,12H2,(H,19,22)(H3,18,20,21);1H. The van der Waals surface area contributed by atoms with E-state index < -0.39 is 0 Å². The van der Waals surface area contributed by atoms with Gasteiger partial charge in [-0.15, -0.1) is 24.0 Å². The van der Waals surface area contributed by atoms with Crippen LogP contribution in [0.3, 0.4) is 0 Å². The largest absolute Gasteiger partial charge is 0.370 e. The molecule has 0 saturated carbocycles. The maximum Gasteiger partial charge on any atom is 0.193 e. The van der Waals surface area contributed by atoms with Crippen LogP contribution >= 0.6 is 24.0 Å². The fraction of sp³-hybridized carbons (Fsp3) is 0.0588. The average Bonchev–Trinajstić information content (AvgIpc) is 3.04. The van der Waals surface area contributed by atoms with Crippen molar-refractivity contribution < 1.29 is 0 Å². The van der Waals surface area contributed by atoms with Crippen LogP contribution in [0.25, 0.3) is 11.3 Å². The summed E-state index contributed by atoms with van der Waals surface area (Å²) < 4.78 is 0. The first-order valence-electron chi connectivity index (χ1n) is 7.02. The molecule has 0 amide bonds. The molecule has 6 heteroatoms. The van der Waals surface area contributed by atoms with E-state index in [1.54, 1.807) is 6.20 Å². The number of guanidine groups is 1. The number of aliphatic imine (C=N–C) groups is 1. The molecule has 1 heterocycles. The number of halogens is 1. The Balaban J connectivity index is 0.00000192. The Bertz CT molecular complexity index is 753. The molecule has 0 aliphatic carbocycles. The fourth-order valence-corrected chi connectivity index (χ4v) is 2.08. The van der Waals surface area contributed by atoms with Crippen LogP contribution in [0, 0.1) is 0 Å². The van der Waals surface area contributed by atoms with E-state index in [4.69, 9.17) is 5.73 Å². The van der Waals surface area contributed by atoms with E-state index >= 15 is 0 Å². The second-order valence-electron chi connectivity index (χ2n) is 4.80. The Morgan fingerprint density at radius 2 is 1.70 bits per heavy atom. The molecule has 0 atom stereocenters. The molecule has 0 spiro atoms. The summed E-state index contributed by atoms with van der Waals surface area (Å²) in [4.78, 5) is 11.9. The van der Waals surface area contributed by atoms with Gasteiger partial charge in [0.05, 0.1) is 11.9 Å². The molecule has 23 heavy (non-hydrogen) atoms. The summed E-state index contributed by atoms with van der Waals surface area (Å²) in [6.07, 6.45) is 1.81. The number of aromatic nitrogens is 2. The Morgan fingerprint density at radius 1 is 1.04 bits per heavy atom. The zero-order chi connectivity index (χ0) is 15.2. The summed E-state index contributed by atoms with van der Waals surface area (Å²) in [5, 5.41) is 3.04. The van der Waals surface area contributed by atoms with Crippen molar-refractivity contribution in [1.82, 2.24) is 9.97 Å². The first-order chi connectivity index (χ1) is 10.8. The fourth-order valence-electron chi connectivity index (χ4n) is 2.08. The SMILES string of the molecule is I.NC(=NCc1ncc(-c2ccccc2)[nH]1)Nc1ccccc1. The molecule has 3 rings (SSSR count). The van der Waals surface area contributed by atoms with Gasteiger partial charge in [0, 0.05) is 5.69 Å². The van der Waals surface area contributed by atoms with Gasteiger partial charge in [0.25, 0.3) is 0 Å². The molecule has 1 aromatic heterocycles. The number of nitrogens with one attached hydrogen (secondary N) is 2. The summed E-state index contributed by atoms with van der Waals surface area (Å²) in [5.74, 6) is 1.14. The molecular weight excluding hydrogens is 401 g/mol. The van der Waals surface area contributed by atoms with E-state index in [2.05, 4.69) is 20.3 Å². The number of imidazole rings is 1. The maximum absolute atomic E-state index is 5.87. The van der Waals surface area contributed by atoms with Gasteiger partial charge in [-0.2, -0.15) is 0 Å². The van der Waals surface area contributed by atoms with Gasteiger partial charge >= 0.3 is 0 Å². The molecule has 5 nitrogen and oxygen atoms in total. The first kappa shape index (κ1) is 17.0. The minimum Gasteiger partial charge on any atom is -0.370 e. The van der Waals surface area contributed by atoms with E-state index in [9.17, 15) is 0 Å². The molecule has 118 valence electrons. The minimum atomic E-state index is 0. The van der Waals surface area contributed by atoms with Gasteiger partial charge in [-0.25, -0.2) is 9.98 Å². The number of para-hydroxylation sites is 1. The molecule has 3 aromatic rings. The highest BCUT2D eigenvalue weighted by Gasteiger charge is 2.02. The second-order valence-corrected chi connectivity index (χ2v) is 4.80. The summed E-state index contributed by atoms with van der Waals surface area (Å²) in [6, 6.07) is 19.7. The monoisotopic (exact) mass is 419 g/mol. The zero-order valence-corrected chi connectivity index (χ0v) is 14.8. The highest BCUT2D eigenvalue weighted by atomic mass is 127. The molecule has 0 radical (unpaired) electrons. The summed E-state index contributed by atoms with van der Waals surface area (Å²) in [5.41, 5.74) is 8.85. The van der Waals surface area contributed by atoms with Crippen molar-refractivity contribution in [2.75, 3.05) is 5.32 Å². The predicted octanol–water partition coefficient (Wildman–Crippen LogP) is 3.62. The molecule has 0 bridgehead atoms. The number of H-pyrrole nitrogens is 1. The van der Waals surface area contributed by atoms with Crippen LogP contribution in [0.15, 0.2) is 71.9 Å². The number of aromatic amines is 1. The minimum absolute atomic E-state index is 0. The van der Waals surface area contributed by atoms with Crippen molar-refractivity contribution in [1.29, 1.82) is 0 Å². The molecular formula is C17H18IN5. The molecule has 2 aromatic carbocycles. The van der Waals surface area contributed by atoms with Crippen LogP contribution in [0.5, 0.6) is 0 Å². The Kier molecular flexibility index (Phi) is 6.16. The number of hydrogen-bond acceptors (Lipinski definition) is 2. The van der Waals surface area contributed by atoms with Crippen LogP contribution in [0.2, 0.25) is 0 Å². The van der Waals surface area contributed by atoms with Crippen molar-refractivity contribution >= 4 is 35.6 Å². The molecule has 0 fully saturated rings. The topological polar surface area (TPSA) is 79.1 Å².